The fourth-order valence-corrected chi connectivity index (χ4v) is 1.94. The number of nitrogens with zero attached hydrogens (tertiary/aromatic N) is 1. The van der Waals surface area contributed by atoms with Crippen LogP contribution in [0.15, 0.2) is 24.3 Å². The van der Waals surface area contributed by atoms with E-state index in [1.807, 2.05) is 6.92 Å². The Morgan fingerprint density at radius 2 is 1.89 bits per heavy atom. The summed E-state index contributed by atoms with van der Waals surface area (Å²) >= 11 is 0. The molecule has 1 aliphatic rings. The van der Waals surface area contributed by atoms with Gasteiger partial charge in [0.25, 0.3) is 0 Å². The van der Waals surface area contributed by atoms with Crippen molar-refractivity contribution in [3.8, 4) is 0 Å². The number of carbonyl (C=O) groups is 1. The van der Waals surface area contributed by atoms with Gasteiger partial charge in [-0.15, -0.1) is 0 Å². The molecule has 0 saturated carbocycles. The molecular weight excluding hydrogens is 245 g/mol. The molecule has 1 amide bonds. The van der Waals surface area contributed by atoms with Crippen LogP contribution in [0.25, 0.3) is 0 Å². The van der Waals surface area contributed by atoms with Crippen molar-refractivity contribution in [2.75, 3.05) is 18.0 Å². The van der Waals surface area contributed by atoms with Gasteiger partial charge < -0.3 is 10.2 Å². The molecule has 1 N–H and O–H groups in total. The summed E-state index contributed by atoms with van der Waals surface area (Å²) < 4.78 is 38.7. The number of piperazine rings is 1. The van der Waals surface area contributed by atoms with Crippen LogP contribution >= 0.6 is 0 Å². The quantitative estimate of drug-likeness (QED) is 0.834. The van der Waals surface area contributed by atoms with Crippen LogP contribution in [0.3, 0.4) is 0 Å². The number of alkyl halides is 3. The predicted octanol–water partition coefficient (Wildman–Crippen LogP) is 1.86. The monoisotopic (exact) mass is 258 g/mol. The molecule has 6 heteroatoms. The zero-order valence-electron chi connectivity index (χ0n) is 9.79. The van der Waals surface area contributed by atoms with Crippen LogP contribution in [0, 0.1) is 6.92 Å². The van der Waals surface area contributed by atoms with Crippen LogP contribution in [0.4, 0.5) is 18.9 Å². The molecule has 1 aromatic carbocycles. The van der Waals surface area contributed by atoms with E-state index in [1.165, 1.54) is 0 Å². The number of halogens is 3. The highest BCUT2D eigenvalue weighted by atomic mass is 19.4. The van der Waals surface area contributed by atoms with Crippen LogP contribution in [0.5, 0.6) is 0 Å². The van der Waals surface area contributed by atoms with E-state index in [-0.39, 0.29) is 6.54 Å². The van der Waals surface area contributed by atoms with Gasteiger partial charge in [-0.05, 0) is 19.1 Å². The lowest BCUT2D eigenvalue weighted by atomic mass is 10.1. The van der Waals surface area contributed by atoms with Crippen molar-refractivity contribution in [3.05, 3.63) is 29.8 Å². The van der Waals surface area contributed by atoms with Gasteiger partial charge in [0.15, 0.2) is 0 Å². The molecular formula is C12H13F3N2O. The molecule has 0 bridgehead atoms. The van der Waals surface area contributed by atoms with E-state index in [9.17, 15) is 18.0 Å². The fraction of sp³-hybridized carbons (Fsp3) is 0.417. The van der Waals surface area contributed by atoms with E-state index < -0.39 is 24.7 Å². The number of carbonyl (C=O) groups excluding carboxylic acids is 1. The molecule has 1 aliphatic heterocycles. The fourth-order valence-electron chi connectivity index (χ4n) is 1.94. The first-order valence-electron chi connectivity index (χ1n) is 5.54. The highest BCUT2D eigenvalue weighted by Gasteiger charge is 2.46. The summed E-state index contributed by atoms with van der Waals surface area (Å²) in [6, 6.07) is 5.00. The molecule has 98 valence electrons. The Kier molecular flexibility index (Phi) is 3.19. The first-order chi connectivity index (χ1) is 8.38. The zero-order chi connectivity index (χ0) is 13.3. The molecule has 1 unspecified atom stereocenters. The normalized spacial score (nSPS) is 20.8. The van der Waals surface area contributed by atoms with Gasteiger partial charge in [-0.25, -0.2) is 0 Å². The summed E-state index contributed by atoms with van der Waals surface area (Å²) in [5.74, 6) is -0.393. The van der Waals surface area contributed by atoms with Gasteiger partial charge in [0.2, 0.25) is 5.91 Å². The maximum atomic E-state index is 12.9. The number of amides is 1. The SMILES string of the molecule is Cc1ccc(N2CC(=O)NCC2C(F)(F)F)cc1. The van der Waals surface area contributed by atoms with Crippen molar-refractivity contribution in [2.45, 2.75) is 19.1 Å². The van der Waals surface area contributed by atoms with Gasteiger partial charge in [-0.1, -0.05) is 17.7 Å². The van der Waals surface area contributed by atoms with Gasteiger partial charge in [-0.3, -0.25) is 4.79 Å². The molecule has 0 aromatic heterocycles. The Morgan fingerprint density at radius 1 is 1.28 bits per heavy atom. The van der Waals surface area contributed by atoms with Gasteiger partial charge in [0, 0.05) is 12.2 Å². The van der Waals surface area contributed by atoms with Crippen molar-refractivity contribution in [1.82, 2.24) is 5.32 Å². The summed E-state index contributed by atoms with van der Waals surface area (Å²) in [4.78, 5) is 12.4. The second-order valence-corrected chi connectivity index (χ2v) is 4.32. The molecule has 2 rings (SSSR count). The second kappa shape index (κ2) is 4.51. The number of rotatable bonds is 1. The van der Waals surface area contributed by atoms with E-state index in [2.05, 4.69) is 5.32 Å². The standard InChI is InChI=1S/C12H13F3N2O/c1-8-2-4-9(5-3-8)17-7-11(18)16-6-10(17)12(13,14)15/h2-5,10H,6-7H2,1H3,(H,16,18). The first kappa shape index (κ1) is 12.7. The minimum Gasteiger partial charge on any atom is -0.352 e. The third-order valence-corrected chi connectivity index (χ3v) is 2.93. The summed E-state index contributed by atoms with van der Waals surface area (Å²) in [6.45, 7) is 1.18. The highest BCUT2D eigenvalue weighted by Crippen LogP contribution is 2.30. The van der Waals surface area contributed by atoms with Crippen LogP contribution < -0.4 is 10.2 Å². The molecule has 0 spiro atoms. The van der Waals surface area contributed by atoms with Gasteiger partial charge >= 0.3 is 6.18 Å². The average molecular weight is 258 g/mol. The molecule has 0 radical (unpaired) electrons. The Morgan fingerprint density at radius 3 is 2.44 bits per heavy atom. The third-order valence-electron chi connectivity index (χ3n) is 2.93. The lowest BCUT2D eigenvalue weighted by molar-refractivity contribution is -0.153. The minimum atomic E-state index is -4.36. The molecule has 1 aromatic rings. The maximum Gasteiger partial charge on any atom is 0.410 e. The maximum absolute atomic E-state index is 12.9. The first-order valence-corrected chi connectivity index (χ1v) is 5.54. The lowest BCUT2D eigenvalue weighted by Crippen LogP contribution is -2.60. The molecule has 1 atom stereocenters. The summed E-state index contributed by atoms with van der Waals surface area (Å²) in [6.07, 6.45) is -4.36. The van der Waals surface area contributed by atoms with Crippen molar-refractivity contribution >= 4 is 11.6 Å². The van der Waals surface area contributed by atoms with Gasteiger partial charge in [0.1, 0.15) is 6.04 Å². The van der Waals surface area contributed by atoms with Crippen LogP contribution in [0.2, 0.25) is 0 Å². The molecule has 0 aliphatic carbocycles. The van der Waals surface area contributed by atoms with E-state index in [1.54, 1.807) is 24.3 Å². The molecule has 1 saturated heterocycles. The lowest BCUT2D eigenvalue weighted by Gasteiger charge is -2.38. The van der Waals surface area contributed by atoms with E-state index in [4.69, 9.17) is 0 Å². The Balaban J connectivity index is 2.30. The van der Waals surface area contributed by atoms with Gasteiger partial charge in [0.05, 0.1) is 6.54 Å². The predicted molar refractivity (Wildman–Crippen MR) is 61.4 cm³/mol. The number of nitrogens with one attached hydrogen (secondary N) is 1. The summed E-state index contributed by atoms with van der Waals surface area (Å²) in [5, 5.41) is 2.25. The Bertz CT molecular complexity index is 442. The molecule has 18 heavy (non-hydrogen) atoms. The number of hydrogen-bond acceptors (Lipinski definition) is 2. The van der Waals surface area contributed by atoms with Crippen LogP contribution in [-0.2, 0) is 4.79 Å². The summed E-state index contributed by atoms with van der Waals surface area (Å²) in [5.41, 5.74) is 1.38. The van der Waals surface area contributed by atoms with E-state index in [0.717, 1.165) is 10.5 Å². The number of anilines is 1. The summed E-state index contributed by atoms with van der Waals surface area (Å²) in [7, 11) is 0. The van der Waals surface area contributed by atoms with Crippen molar-refractivity contribution in [3.63, 3.8) is 0 Å². The van der Waals surface area contributed by atoms with Crippen molar-refractivity contribution in [1.29, 1.82) is 0 Å². The third kappa shape index (κ3) is 2.57. The zero-order valence-corrected chi connectivity index (χ0v) is 9.79. The Labute approximate surface area is 103 Å². The number of aryl methyl sites for hydroxylation is 1. The largest absolute Gasteiger partial charge is 0.410 e. The Hall–Kier alpha value is -1.72. The topological polar surface area (TPSA) is 32.3 Å². The van der Waals surface area contributed by atoms with E-state index in [0.29, 0.717) is 5.69 Å². The molecule has 1 fully saturated rings. The number of hydrogen-bond donors (Lipinski definition) is 1. The van der Waals surface area contributed by atoms with Crippen LogP contribution in [0.1, 0.15) is 5.56 Å². The van der Waals surface area contributed by atoms with Gasteiger partial charge in [-0.2, -0.15) is 13.2 Å². The van der Waals surface area contributed by atoms with Crippen LogP contribution in [-0.4, -0.2) is 31.2 Å². The smallest absolute Gasteiger partial charge is 0.352 e. The highest BCUT2D eigenvalue weighted by molar-refractivity contribution is 5.83. The average Bonchev–Trinajstić information content (AvgIpc) is 2.28. The second-order valence-electron chi connectivity index (χ2n) is 4.32. The minimum absolute atomic E-state index is 0.271. The van der Waals surface area contributed by atoms with Crippen molar-refractivity contribution < 1.29 is 18.0 Å². The van der Waals surface area contributed by atoms with E-state index >= 15 is 0 Å². The molecule has 1 heterocycles. The molecule has 3 nitrogen and oxygen atoms in total. The van der Waals surface area contributed by atoms with Crippen molar-refractivity contribution in [2.24, 2.45) is 0 Å². The number of benzene rings is 1.